The van der Waals surface area contributed by atoms with Gasteiger partial charge in [-0.05, 0) is 18.2 Å². The molecular weight excluding hydrogens is 309 g/mol. The molecule has 1 aliphatic heterocycles. The van der Waals surface area contributed by atoms with Crippen LogP contribution in [-0.4, -0.2) is 42.6 Å². The summed E-state index contributed by atoms with van der Waals surface area (Å²) in [5.74, 6) is -1.42. The lowest BCUT2D eigenvalue weighted by Gasteiger charge is -2.11. The number of rotatable bonds is 3. The topological polar surface area (TPSA) is 72.9 Å². The van der Waals surface area contributed by atoms with Gasteiger partial charge in [0.2, 0.25) is 0 Å². The molecule has 8 heteroatoms. The summed E-state index contributed by atoms with van der Waals surface area (Å²) in [5.41, 5.74) is 0.0906. The fourth-order valence-corrected chi connectivity index (χ4v) is 2.04. The second-order valence-electron chi connectivity index (χ2n) is 3.86. The number of cyclic esters (lactones) is 1. The van der Waals surface area contributed by atoms with Gasteiger partial charge in [-0.2, -0.15) is 0 Å². The van der Waals surface area contributed by atoms with Crippen molar-refractivity contribution in [1.29, 1.82) is 0 Å². The zero-order chi connectivity index (χ0) is 14.7. The summed E-state index contributed by atoms with van der Waals surface area (Å²) in [5, 5.41) is 0.498. The second-order valence-corrected chi connectivity index (χ2v) is 4.70. The summed E-state index contributed by atoms with van der Waals surface area (Å²) >= 11 is 11.5. The predicted octanol–water partition coefficient (Wildman–Crippen LogP) is 2.13. The first-order valence-corrected chi connectivity index (χ1v) is 6.34. The molecule has 20 heavy (non-hydrogen) atoms. The minimum atomic E-state index is -0.771. The van der Waals surface area contributed by atoms with Crippen molar-refractivity contribution in [3.8, 4) is 0 Å². The summed E-state index contributed by atoms with van der Waals surface area (Å²) in [7, 11) is 0. The molecule has 0 unspecified atom stereocenters. The Morgan fingerprint density at radius 2 is 2.10 bits per heavy atom. The fraction of sp³-hybridized carbons (Fsp3) is 0.250. The molecule has 0 aromatic heterocycles. The molecule has 106 valence electrons. The molecule has 2 amide bonds. The molecule has 0 bridgehead atoms. The van der Waals surface area contributed by atoms with Gasteiger partial charge in [-0.1, -0.05) is 23.2 Å². The normalized spacial score (nSPS) is 14.1. The number of esters is 1. The number of halogens is 2. The Hall–Kier alpha value is -1.79. The molecular formula is C12H9Cl2NO5. The molecule has 1 aliphatic rings. The molecule has 0 aliphatic carbocycles. The van der Waals surface area contributed by atoms with Crippen molar-refractivity contribution in [2.75, 3.05) is 19.8 Å². The van der Waals surface area contributed by atoms with Crippen molar-refractivity contribution in [2.24, 2.45) is 0 Å². The van der Waals surface area contributed by atoms with E-state index >= 15 is 0 Å². The van der Waals surface area contributed by atoms with Crippen LogP contribution >= 0.6 is 23.2 Å². The van der Waals surface area contributed by atoms with Crippen LogP contribution < -0.4 is 0 Å². The molecule has 1 saturated heterocycles. The van der Waals surface area contributed by atoms with Gasteiger partial charge in [0.1, 0.15) is 6.61 Å². The Morgan fingerprint density at radius 1 is 1.35 bits per heavy atom. The molecule has 1 heterocycles. The number of imide groups is 1. The second kappa shape index (κ2) is 6.11. The summed E-state index contributed by atoms with van der Waals surface area (Å²) in [4.78, 5) is 35.4. The number of carbonyl (C=O) groups excluding carboxylic acids is 3. The number of amides is 2. The van der Waals surface area contributed by atoms with Crippen molar-refractivity contribution >= 4 is 41.2 Å². The Morgan fingerprint density at radius 3 is 2.70 bits per heavy atom. The smallest absolute Gasteiger partial charge is 0.416 e. The van der Waals surface area contributed by atoms with Crippen molar-refractivity contribution in [3.63, 3.8) is 0 Å². The largest absolute Gasteiger partial charge is 0.452 e. The van der Waals surface area contributed by atoms with Gasteiger partial charge in [-0.15, -0.1) is 0 Å². The van der Waals surface area contributed by atoms with E-state index in [0.29, 0.717) is 5.02 Å². The first-order chi connectivity index (χ1) is 9.49. The molecule has 0 radical (unpaired) electrons. The lowest BCUT2D eigenvalue weighted by molar-refractivity contribution is -0.131. The van der Waals surface area contributed by atoms with Crippen LogP contribution in [0.2, 0.25) is 10.0 Å². The Bertz CT molecular complexity index is 575. The maximum Gasteiger partial charge on any atom is 0.416 e. The molecule has 6 nitrogen and oxygen atoms in total. The van der Waals surface area contributed by atoms with Crippen molar-refractivity contribution in [2.45, 2.75) is 0 Å². The highest BCUT2D eigenvalue weighted by molar-refractivity contribution is 6.36. The van der Waals surface area contributed by atoms with Gasteiger partial charge < -0.3 is 9.47 Å². The highest BCUT2D eigenvalue weighted by atomic mass is 35.5. The van der Waals surface area contributed by atoms with Gasteiger partial charge in [-0.25, -0.2) is 14.5 Å². The average Bonchev–Trinajstić information content (AvgIpc) is 2.82. The van der Waals surface area contributed by atoms with E-state index in [1.54, 1.807) is 0 Å². The van der Waals surface area contributed by atoms with Gasteiger partial charge in [-0.3, -0.25) is 4.79 Å². The average molecular weight is 318 g/mol. The summed E-state index contributed by atoms with van der Waals surface area (Å²) < 4.78 is 9.41. The summed E-state index contributed by atoms with van der Waals surface area (Å²) in [6.07, 6.45) is -0.740. The van der Waals surface area contributed by atoms with Crippen LogP contribution in [0.15, 0.2) is 18.2 Å². The lowest BCUT2D eigenvalue weighted by Crippen LogP contribution is -2.35. The molecule has 0 N–H and O–H groups in total. The number of nitrogens with zero attached hydrogens (tertiary/aromatic N) is 1. The third kappa shape index (κ3) is 3.20. The summed E-state index contributed by atoms with van der Waals surface area (Å²) in [6, 6.07) is 4.25. The Balaban J connectivity index is 1.95. The molecule has 0 spiro atoms. The van der Waals surface area contributed by atoms with Gasteiger partial charge >= 0.3 is 12.1 Å². The third-order valence-electron chi connectivity index (χ3n) is 2.54. The monoisotopic (exact) mass is 317 g/mol. The van der Waals surface area contributed by atoms with Crippen LogP contribution in [0.3, 0.4) is 0 Å². The number of ether oxygens (including phenoxy) is 2. The van der Waals surface area contributed by atoms with Gasteiger partial charge in [0, 0.05) is 5.02 Å². The fourth-order valence-electron chi connectivity index (χ4n) is 1.56. The number of hydrogen-bond acceptors (Lipinski definition) is 5. The van der Waals surface area contributed by atoms with E-state index in [1.165, 1.54) is 18.2 Å². The van der Waals surface area contributed by atoms with Crippen LogP contribution in [-0.2, 0) is 14.3 Å². The Labute approximate surface area is 124 Å². The maximum absolute atomic E-state index is 11.7. The number of hydrogen-bond donors (Lipinski definition) is 0. The summed E-state index contributed by atoms with van der Waals surface area (Å²) in [6.45, 7) is -0.272. The highest BCUT2D eigenvalue weighted by Crippen LogP contribution is 2.21. The van der Waals surface area contributed by atoms with Crippen LogP contribution in [0.5, 0.6) is 0 Å². The minimum Gasteiger partial charge on any atom is -0.452 e. The van der Waals surface area contributed by atoms with Crippen LogP contribution in [0.1, 0.15) is 10.4 Å². The van der Waals surface area contributed by atoms with E-state index < -0.39 is 24.6 Å². The van der Waals surface area contributed by atoms with E-state index in [4.69, 9.17) is 27.9 Å². The van der Waals surface area contributed by atoms with Gasteiger partial charge in [0.05, 0.1) is 17.1 Å². The van der Waals surface area contributed by atoms with Crippen molar-refractivity contribution in [3.05, 3.63) is 33.8 Å². The number of carbonyl (C=O) groups is 3. The minimum absolute atomic E-state index is 0.0906. The SMILES string of the molecule is O=C(OCC(=O)N1CCOC1=O)c1ccc(Cl)cc1Cl. The Kier molecular flexibility index (Phi) is 4.46. The van der Waals surface area contributed by atoms with Crippen LogP contribution in [0, 0.1) is 0 Å². The first kappa shape index (κ1) is 14.6. The maximum atomic E-state index is 11.7. The zero-order valence-corrected chi connectivity index (χ0v) is 11.6. The van der Waals surface area contributed by atoms with Crippen molar-refractivity contribution in [1.82, 2.24) is 4.90 Å². The molecule has 2 rings (SSSR count). The van der Waals surface area contributed by atoms with Gasteiger partial charge in [0.25, 0.3) is 5.91 Å². The zero-order valence-electron chi connectivity index (χ0n) is 10.1. The van der Waals surface area contributed by atoms with Crippen molar-refractivity contribution < 1.29 is 23.9 Å². The quantitative estimate of drug-likeness (QED) is 0.798. The molecule has 1 fully saturated rings. The van der Waals surface area contributed by atoms with E-state index in [1.807, 2.05) is 0 Å². The van der Waals surface area contributed by atoms with E-state index in [9.17, 15) is 14.4 Å². The molecule has 1 aromatic rings. The number of benzene rings is 1. The van der Waals surface area contributed by atoms with Gasteiger partial charge in [0.15, 0.2) is 6.61 Å². The molecule has 0 atom stereocenters. The standard InChI is InChI=1S/C12H9Cl2NO5/c13-7-1-2-8(9(14)5-7)11(17)20-6-10(16)15-3-4-19-12(15)18/h1-2,5H,3-4,6H2. The predicted molar refractivity (Wildman–Crippen MR) is 69.8 cm³/mol. The van der Waals surface area contributed by atoms with E-state index in [2.05, 4.69) is 4.74 Å². The first-order valence-electron chi connectivity index (χ1n) is 5.58. The lowest BCUT2D eigenvalue weighted by atomic mass is 10.2. The van der Waals surface area contributed by atoms with Crippen LogP contribution in [0.25, 0.3) is 0 Å². The highest BCUT2D eigenvalue weighted by Gasteiger charge is 2.29. The molecule has 0 saturated carbocycles. The molecule has 1 aromatic carbocycles. The van der Waals surface area contributed by atoms with E-state index in [-0.39, 0.29) is 23.7 Å². The van der Waals surface area contributed by atoms with Crippen LogP contribution in [0.4, 0.5) is 4.79 Å². The third-order valence-corrected chi connectivity index (χ3v) is 3.09. The van der Waals surface area contributed by atoms with E-state index in [0.717, 1.165) is 4.90 Å².